The van der Waals surface area contributed by atoms with E-state index < -0.39 is 28.0 Å². The number of esters is 1. The zero-order valence-electron chi connectivity index (χ0n) is 17.5. The summed E-state index contributed by atoms with van der Waals surface area (Å²) in [4.78, 5) is 24.6. The van der Waals surface area contributed by atoms with E-state index in [2.05, 4.69) is 10.0 Å². The Hall–Kier alpha value is -3.49. The van der Waals surface area contributed by atoms with Crippen molar-refractivity contribution in [3.63, 3.8) is 0 Å². The second-order valence-corrected chi connectivity index (χ2v) is 8.86. The Balaban J connectivity index is 1.59. The van der Waals surface area contributed by atoms with E-state index in [1.807, 2.05) is 48.5 Å². The van der Waals surface area contributed by atoms with Gasteiger partial charge in [0.05, 0.1) is 10.5 Å². The zero-order chi connectivity index (χ0) is 23.0. The Labute approximate surface area is 187 Å². The van der Waals surface area contributed by atoms with Gasteiger partial charge in [0, 0.05) is 13.1 Å². The second kappa shape index (κ2) is 10.7. The number of ether oxygens (including phenoxy) is 1. The molecule has 0 saturated heterocycles. The molecule has 0 aliphatic carbocycles. The van der Waals surface area contributed by atoms with Crippen molar-refractivity contribution in [2.75, 3.05) is 0 Å². The van der Waals surface area contributed by atoms with Crippen LogP contribution >= 0.6 is 0 Å². The molecule has 3 aromatic rings. The molecule has 1 unspecified atom stereocenters. The molecule has 3 rings (SSSR count). The van der Waals surface area contributed by atoms with Gasteiger partial charge in [0.1, 0.15) is 0 Å². The first-order valence-electron chi connectivity index (χ1n) is 10.0. The number of carbonyl (C=O) groups excluding carboxylic acids is 2. The number of hydrogen-bond donors (Lipinski definition) is 2. The van der Waals surface area contributed by atoms with E-state index in [0.29, 0.717) is 6.54 Å². The van der Waals surface area contributed by atoms with E-state index in [-0.39, 0.29) is 17.0 Å². The highest BCUT2D eigenvalue weighted by Gasteiger charge is 2.21. The van der Waals surface area contributed by atoms with Crippen LogP contribution in [0.4, 0.5) is 0 Å². The molecule has 0 heterocycles. The van der Waals surface area contributed by atoms with E-state index in [1.165, 1.54) is 31.2 Å². The van der Waals surface area contributed by atoms with Gasteiger partial charge in [-0.2, -0.15) is 0 Å². The van der Waals surface area contributed by atoms with Crippen molar-refractivity contribution >= 4 is 21.9 Å². The summed E-state index contributed by atoms with van der Waals surface area (Å²) in [5.41, 5.74) is 1.76. The Morgan fingerprint density at radius 1 is 0.844 bits per heavy atom. The van der Waals surface area contributed by atoms with Crippen LogP contribution in [0.3, 0.4) is 0 Å². The van der Waals surface area contributed by atoms with Crippen molar-refractivity contribution in [1.29, 1.82) is 0 Å². The van der Waals surface area contributed by atoms with Gasteiger partial charge in [-0.25, -0.2) is 17.9 Å². The maximum Gasteiger partial charge on any atom is 0.338 e. The standard InChI is InChI=1S/C24H24N2O5S/c1-18(23(27)25-16-19-9-4-2-5-10-19)31-24(28)21-13-8-14-22(15-21)32(29,30)26-17-20-11-6-3-7-12-20/h2-15,18,26H,16-17H2,1H3,(H,25,27). The molecule has 0 fully saturated rings. The van der Waals surface area contributed by atoms with Crippen molar-refractivity contribution in [2.24, 2.45) is 0 Å². The normalized spacial score (nSPS) is 12.0. The van der Waals surface area contributed by atoms with E-state index in [1.54, 1.807) is 12.1 Å². The molecule has 0 radical (unpaired) electrons. The molecule has 32 heavy (non-hydrogen) atoms. The molecule has 8 heteroatoms. The zero-order valence-corrected chi connectivity index (χ0v) is 18.3. The maximum atomic E-state index is 12.6. The largest absolute Gasteiger partial charge is 0.449 e. The molecule has 166 valence electrons. The monoisotopic (exact) mass is 452 g/mol. The first-order chi connectivity index (χ1) is 15.3. The molecular weight excluding hydrogens is 428 g/mol. The van der Waals surface area contributed by atoms with Gasteiger partial charge in [-0.05, 0) is 36.2 Å². The highest BCUT2D eigenvalue weighted by atomic mass is 32.2. The van der Waals surface area contributed by atoms with Crippen LogP contribution in [0.25, 0.3) is 0 Å². The Morgan fingerprint density at radius 3 is 2.06 bits per heavy atom. The minimum absolute atomic E-state index is 0.0373. The smallest absolute Gasteiger partial charge is 0.338 e. The summed E-state index contributed by atoms with van der Waals surface area (Å²) < 4.78 is 32.9. The number of sulfonamides is 1. The lowest BCUT2D eigenvalue weighted by molar-refractivity contribution is -0.129. The third kappa shape index (κ3) is 6.50. The van der Waals surface area contributed by atoms with Crippen molar-refractivity contribution in [3.05, 3.63) is 102 Å². The maximum absolute atomic E-state index is 12.6. The second-order valence-electron chi connectivity index (χ2n) is 7.09. The van der Waals surface area contributed by atoms with Gasteiger partial charge >= 0.3 is 5.97 Å². The predicted octanol–water partition coefficient (Wildman–Crippen LogP) is 3.03. The summed E-state index contributed by atoms with van der Waals surface area (Å²) in [6, 6.07) is 23.9. The number of hydrogen-bond acceptors (Lipinski definition) is 5. The average molecular weight is 453 g/mol. The molecular formula is C24H24N2O5S. The van der Waals surface area contributed by atoms with Crippen LogP contribution in [0.5, 0.6) is 0 Å². The first-order valence-corrected chi connectivity index (χ1v) is 11.5. The molecule has 0 spiro atoms. The van der Waals surface area contributed by atoms with Crippen LogP contribution in [0.1, 0.15) is 28.4 Å². The molecule has 0 aromatic heterocycles. The lowest BCUT2D eigenvalue weighted by Gasteiger charge is -2.14. The molecule has 7 nitrogen and oxygen atoms in total. The van der Waals surface area contributed by atoms with Gasteiger partial charge < -0.3 is 10.1 Å². The molecule has 1 atom stereocenters. The van der Waals surface area contributed by atoms with Gasteiger partial charge in [0.25, 0.3) is 5.91 Å². The van der Waals surface area contributed by atoms with Crippen molar-refractivity contribution < 1.29 is 22.7 Å². The van der Waals surface area contributed by atoms with Gasteiger partial charge in [0.15, 0.2) is 6.10 Å². The first kappa shape index (κ1) is 23.2. The third-order valence-corrected chi connectivity index (χ3v) is 6.05. The third-order valence-electron chi connectivity index (χ3n) is 4.65. The molecule has 2 N–H and O–H groups in total. The van der Waals surface area contributed by atoms with Crippen LogP contribution < -0.4 is 10.0 Å². The van der Waals surface area contributed by atoms with Gasteiger partial charge in [-0.1, -0.05) is 66.7 Å². The molecule has 3 aromatic carbocycles. The topological polar surface area (TPSA) is 102 Å². The van der Waals surface area contributed by atoms with Gasteiger partial charge in [-0.15, -0.1) is 0 Å². The van der Waals surface area contributed by atoms with Crippen molar-refractivity contribution in [1.82, 2.24) is 10.0 Å². The van der Waals surface area contributed by atoms with Crippen LogP contribution in [0, 0.1) is 0 Å². The van der Waals surface area contributed by atoms with Crippen LogP contribution in [-0.2, 0) is 32.6 Å². The van der Waals surface area contributed by atoms with E-state index in [9.17, 15) is 18.0 Å². The SMILES string of the molecule is CC(OC(=O)c1cccc(S(=O)(=O)NCc2ccccc2)c1)C(=O)NCc1ccccc1. The van der Waals surface area contributed by atoms with Gasteiger partial charge in [-0.3, -0.25) is 4.79 Å². The Bertz CT molecular complexity index is 1170. The molecule has 1 amide bonds. The Kier molecular flexibility index (Phi) is 7.75. The minimum atomic E-state index is -3.84. The lowest BCUT2D eigenvalue weighted by atomic mass is 10.2. The number of carbonyl (C=O) groups is 2. The van der Waals surface area contributed by atoms with E-state index in [0.717, 1.165) is 11.1 Å². The highest BCUT2D eigenvalue weighted by Crippen LogP contribution is 2.14. The average Bonchev–Trinajstić information content (AvgIpc) is 2.82. The minimum Gasteiger partial charge on any atom is -0.449 e. The fourth-order valence-corrected chi connectivity index (χ4v) is 3.92. The Morgan fingerprint density at radius 2 is 1.44 bits per heavy atom. The van der Waals surface area contributed by atoms with Crippen molar-refractivity contribution in [2.45, 2.75) is 31.0 Å². The van der Waals surface area contributed by atoms with Crippen molar-refractivity contribution in [3.8, 4) is 0 Å². The number of nitrogens with one attached hydrogen (secondary N) is 2. The van der Waals surface area contributed by atoms with E-state index in [4.69, 9.17) is 4.74 Å². The van der Waals surface area contributed by atoms with Crippen LogP contribution in [-0.4, -0.2) is 26.4 Å². The number of amides is 1. The summed E-state index contributed by atoms with van der Waals surface area (Å²) in [6.07, 6.45) is -1.04. The van der Waals surface area contributed by atoms with Crippen LogP contribution in [0.2, 0.25) is 0 Å². The summed E-state index contributed by atoms with van der Waals surface area (Å²) >= 11 is 0. The number of benzene rings is 3. The van der Waals surface area contributed by atoms with E-state index >= 15 is 0 Å². The fraction of sp³-hybridized carbons (Fsp3) is 0.167. The summed E-state index contributed by atoms with van der Waals surface area (Å²) in [6.45, 7) is 1.89. The quantitative estimate of drug-likeness (QED) is 0.486. The summed E-state index contributed by atoms with van der Waals surface area (Å²) in [7, 11) is -3.84. The van der Waals surface area contributed by atoms with Gasteiger partial charge in [0.2, 0.25) is 10.0 Å². The summed E-state index contributed by atoms with van der Waals surface area (Å²) in [5, 5.41) is 2.70. The molecule has 0 aliphatic rings. The molecule has 0 saturated carbocycles. The predicted molar refractivity (Wildman–Crippen MR) is 120 cm³/mol. The fourth-order valence-electron chi connectivity index (χ4n) is 2.86. The molecule has 0 bridgehead atoms. The number of rotatable bonds is 9. The molecule has 0 aliphatic heterocycles. The van der Waals surface area contributed by atoms with Crippen LogP contribution in [0.15, 0.2) is 89.8 Å². The summed E-state index contributed by atoms with van der Waals surface area (Å²) in [5.74, 6) is -1.23. The lowest BCUT2D eigenvalue weighted by Crippen LogP contribution is -2.35. The highest BCUT2D eigenvalue weighted by molar-refractivity contribution is 7.89.